The lowest BCUT2D eigenvalue weighted by atomic mass is 10.0. The second-order valence-electron chi connectivity index (χ2n) is 8.17. The second-order valence-corrected chi connectivity index (χ2v) is 8.17. The highest BCUT2D eigenvalue weighted by molar-refractivity contribution is 5.97. The molecule has 2 amide bonds. The standard InChI is InChI=1S/C25H32N4O4/c1-5-32-21-12-11-17(14-22(21)33-6-2)15-23(30)26-20(13-16(3)4)24(31)29-25-27-18-9-7-8-10-19(18)28-25/h7-12,14,16,20H,5-6,13,15H2,1-4H3,(H,26,30)(H2,27,28,29,31). The summed E-state index contributed by atoms with van der Waals surface area (Å²) in [5.41, 5.74) is 2.37. The van der Waals surface area contributed by atoms with E-state index < -0.39 is 6.04 Å². The normalized spacial score (nSPS) is 11.9. The van der Waals surface area contributed by atoms with E-state index in [0.29, 0.717) is 37.1 Å². The van der Waals surface area contributed by atoms with Crippen molar-refractivity contribution in [2.75, 3.05) is 18.5 Å². The molecule has 0 saturated carbocycles. The lowest BCUT2D eigenvalue weighted by molar-refractivity contribution is -0.126. The van der Waals surface area contributed by atoms with Crippen LogP contribution in [-0.4, -0.2) is 41.0 Å². The van der Waals surface area contributed by atoms with Gasteiger partial charge in [-0.25, -0.2) is 4.98 Å². The van der Waals surface area contributed by atoms with Crippen LogP contribution in [0.1, 0.15) is 39.7 Å². The molecular formula is C25H32N4O4. The minimum absolute atomic E-state index is 0.124. The molecule has 0 fully saturated rings. The van der Waals surface area contributed by atoms with Gasteiger partial charge < -0.3 is 19.8 Å². The zero-order valence-electron chi connectivity index (χ0n) is 19.6. The first kappa shape index (κ1) is 24.1. The fourth-order valence-corrected chi connectivity index (χ4v) is 3.55. The highest BCUT2D eigenvalue weighted by Crippen LogP contribution is 2.28. The van der Waals surface area contributed by atoms with E-state index in [1.54, 1.807) is 12.1 Å². The van der Waals surface area contributed by atoms with Crippen molar-refractivity contribution < 1.29 is 19.1 Å². The third-order valence-corrected chi connectivity index (χ3v) is 4.96. The molecule has 1 heterocycles. The summed E-state index contributed by atoms with van der Waals surface area (Å²) in [6.07, 6.45) is 0.629. The second kappa shape index (κ2) is 11.4. The van der Waals surface area contributed by atoms with E-state index in [9.17, 15) is 9.59 Å². The summed E-state index contributed by atoms with van der Waals surface area (Å²) in [6.45, 7) is 8.84. The fraction of sp³-hybridized carbons (Fsp3) is 0.400. The molecule has 1 aromatic heterocycles. The molecule has 3 aromatic rings. The number of nitrogens with one attached hydrogen (secondary N) is 3. The van der Waals surface area contributed by atoms with Crippen molar-refractivity contribution >= 4 is 28.8 Å². The number of para-hydroxylation sites is 2. The number of nitrogens with zero attached hydrogens (tertiary/aromatic N) is 1. The molecule has 0 bridgehead atoms. The number of fused-ring (bicyclic) bond motifs is 1. The van der Waals surface area contributed by atoms with Crippen LogP contribution in [0.15, 0.2) is 42.5 Å². The molecule has 1 atom stereocenters. The quantitative estimate of drug-likeness (QED) is 0.407. The number of rotatable bonds is 11. The van der Waals surface area contributed by atoms with Gasteiger partial charge in [0, 0.05) is 0 Å². The maximum absolute atomic E-state index is 12.9. The van der Waals surface area contributed by atoms with Gasteiger partial charge in [0.1, 0.15) is 6.04 Å². The first-order chi connectivity index (χ1) is 15.9. The van der Waals surface area contributed by atoms with Crippen LogP contribution in [0.25, 0.3) is 11.0 Å². The number of ether oxygens (including phenoxy) is 2. The largest absolute Gasteiger partial charge is 0.490 e. The average Bonchev–Trinajstić information content (AvgIpc) is 3.17. The van der Waals surface area contributed by atoms with Crippen LogP contribution in [0.3, 0.4) is 0 Å². The summed E-state index contributed by atoms with van der Waals surface area (Å²) in [4.78, 5) is 33.2. The summed E-state index contributed by atoms with van der Waals surface area (Å²) < 4.78 is 11.2. The number of benzene rings is 2. The van der Waals surface area contributed by atoms with Gasteiger partial charge >= 0.3 is 0 Å². The maximum Gasteiger partial charge on any atom is 0.249 e. The Labute approximate surface area is 194 Å². The van der Waals surface area contributed by atoms with E-state index in [4.69, 9.17) is 9.47 Å². The number of aromatic nitrogens is 2. The minimum Gasteiger partial charge on any atom is -0.490 e. The molecule has 3 N–H and O–H groups in total. The number of hydrogen-bond acceptors (Lipinski definition) is 5. The molecule has 8 nitrogen and oxygen atoms in total. The van der Waals surface area contributed by atoms with Gasteiger partial charge in [-0.05, 0) is 56.0 Å². The van der Waals surface area contributed by atoms with E-state index in [2.05, 4.69) is 20.6 Å². The van der Waals surface area contributed by atoms with Crippen LogP contribution in [0.5, 0.6) is 11.5 Å². The molecule has 0 aliphatic rings. The van der Waals surface area contributed by atoms with Gasteiger partial charge in [0.2, 0.25) is 17.8 Å². The molecule has 0 saturated heterocycles. The number of aromatic amines is 1. The van der Waals surface area contributed by atoms with Crippen LogP contribution in [0.2, 0.25) is 0 Å². The molecule has 3 rings (SSSR count). The first-order valence-electron chi connectivity index (χ1n) is 11.3. The van der Waals surface area contributed by atoms with Crippen molar-refractivity contribution in [3.05, 3.63) is 48.0 Å². The van der Waals surface area contributed by atoms with Gasteiger partial charge in [-0.2, -0.15) is 0 Å². The van der Waals surface area contributed by atoms with Gasteiger partial charge in [-0.15, -0.1) is 0 Å². The van der Waals surface area contributed by atoms with E-state index in [1.165, 1.54) is 0 Å². The van der Waals surface area contributed by atoms with Gasteiger partial charge in [0.15, 0.2) is 11.5 Å². The molecule has 0 radical (unpaired) electrons. The lowest BCUT2D eigenvalue weighted by Crippen LogP contribution is -2.45. The van der Waals surface area contributed by atoms with E-state index in [0.717, 1.165) is 16.6 Å². The zero-order chi connectivity index (χ0) is 23.8. The van der Waals surface area contributed by atoms with Crippen molar-refractivity contribution in [1.82, 2.24) is 15.3 Å². The molecule has 2 aromatic carbocycles. The number of amides is 2. The first-order valence-corrected chi connectivity index (χ1v) is 11.3. The average molecular weight is 453 g/mol. The predicted molar refractivity (Wildman–Crippen MR) is 129 cm³/mol. The van der Waals surface area contributed by atoms with Gasteiger partial charge in [-0.3, -0.25) is 14.9 Å². The Morgan fingerprint density at radius 3 is 2.45 bits per heavy atom. The van der Waals surface area contributed by atoms with Crippen molar-refractivity contribution in [2.24, 2.45) is 5.92 Å². The number of carbonyl (C=O) groups excluding carboxylic acids is 2. The number of hydrogen-bond donors (Lipinski definition) is 3. The Morgan fingerprint density at radius 2 is 1.76 bits per heavy atom. The zero-order valence-corrected chi connectivity index (χ0v) is 19.6. The summed E-state index contributed by atoms with van der Waals surface area (Å²) in [5.74, 6) is 1.27. The third kappa shape index (κ3) is 6.71. The number of imidazole rings is 1. The minimum atomic E-state index is -0.681. The summed E-state index contributed by atoms with van der Waals surface area (Å²) in [7, 11) is 0. The smallest absolute Gasteiger partial charge is 0.249 e. The monoisotopic (exact) mass is 452 g/mol. The highest BCUT2D eigenvalue weighted by atomic mass is 16.5. The Balaban J connectivity index is 1.68. The number of anilines is 1. The number of carbonyl (C=O) groups is 2. The maximum atomic E-state index is 12.9. The van der Waals surface area contributed by atoms with Crippen molar-refractivity contribution in [2.45, 2.75) is 46.6 Å². The molecule has 33 heavy (non-hydrogen) atoms. The summed E-state index contributed by atoms with van der Waals surface area (Å²) in [6, 6.07) is 12.3. The van der Waals surface area contributed by atoms with Crippen molar-refractivity contribution in [3.8, 4) is 11.5 Å². The van der Waals surface area contributed by atoms with Gasteiger partial charge in [-0.1, -0.05) is 32.0 Å². The van der Waals surface area contributed by atoms with Crippen molar-refractivity contribution in [1.29, 1.82) is 0 Å². The Hall–Kier alpha value is -3.55. The topological polar surface area (TPSA) is 105 Å². The summed E-state index contributed by atoms with van der Waals surface area (Å²) >= 11 is 0. The lowest BCUT2D eigenvalue weighted by Gasteiger charge is -2.20. The van der Waals surface area contributed by atoms with Crippen LogP contribution in [0.4, 0.5) is 5.95 Å². The van der Waals surface area contributed by atoms with Gasteiger partial charge in [0.05, 0.1) is 30.7 Å². The number of H-pyrrole nitrogens is 1. The molecule has 0 spiro atoms. The summed E-state index contributed by atoms with van der Waals surface area (Å²) in [5, 5.41) is 5.67. The van der Waals surface area contributed by atoms with E-state index >= 15 is 0 Å². The molecule has 1 unspecified atom stereocenters. The van der Waals surface area contributed by atoms with Crippen LogP contribution in [-0.2, 0) is 16.0 Å². The highest BCUT2D eigenvalue weighted by Gasteiger charge is 2.23. The predicted octanol–water partition coefficient (Wildman–Crippen LogP) is 4.07. The molecule has 176 valence electrons. The van der Waals surface area contributed by atoms with E-state index in [1.807, 2.05) is 58.0 Å². The fourth-order valence-electron chi connectivity index (χ4n) is 3.55. The van der Waals surface area contributed by atoms with Crippen molar-refractivity contribution in [3.63, 3.8) is 0 Å². The van der Waals surface area contributed by atoms with Crippen LogP contribution < -0.4 is 20.1 Å². The molecule has 0 aliphatic carbocycles. The Kier molecular flexibility index (Phi) is 8.29. The molecule has 8 heteroatoms. The van der Waals surface area contributed by atoms with E-state index in [-0.39, 0.29) is 24.2 Å². The van der Waals surface area contributed by atoms with Gasteiger partial charge in [0.25, 0.3) is 0 Å². The Bertz CT molecular complexity index is 1060. The van der Waals surface area contributed by atoms with Crippen LogP contribution >= 0.6 is 0 Å². The van der Waals surface area contributed by atoms with Crippen LogP contribution in [0, 0.1) is 5.92 Å². The SMILES string of the molecule is CCOc1ccc(CC(=O)NC(CC(C)C)C(=O)Nc2nc3ccccc3[nH]2)cc1OCC. The Morgan fingerprint density at radius 1 is 1.03 bits per heavy atom. The molecular weight excluding hydrogens is 420 g/mol. The molecule has 0 aliphatic heterocycles. The third-order valence-electron chi connectivity index (χ3n) is 4.96.